The normalized spacial score (nSPS) is 13.1. The Morgan fingerprint density at radius 3 is 1.42 bits per heavy atom. The Labute approximate surface area is 342 Å². The van der Waals surface area contributed by atoms with Crippen molar-refractivity contribution in [3.05, 3.63) is 205 Å². The van der Waals surface area contributed by atoms with Crippen molar-refractivity contribution in [1.29, 1.82) is 0 Å². The lowest BCUT2D eigenvalue weighted by molar-refractivity contribution is 0.662. The van der Waals surface area contributed by atoms with Crippen LogP contribution in [0.5, 0.6) is 0 Å². The molecule has 0 spiro atoms. The molecule has 0 fully saturated rings. The average Bonchev–Trinajstić information content (AvgIpc) is 3.94. The molecular formula is C55H38N4. The molecule has 4 heteroatoms. The van der Waals surface area contributed by atoms with Crippen molar-refractivity contribution in [3.8, 4) is 56.4 Å². The molecule has 0 radical (unpaired) electrons. The summed E-state index contributed by atoms with van der Waals surface area (Å²) in [7, 11) is 0. The van der Waals surface area contributed by atoms with E-state index in [1.807, 2.05) is 0 Å². The summed E-state index contributed by atoms with van der Waals surface area (Å²) in [6, 6.07) is 70.0. The van der Waals surface area contributed by atoms with Gasteiger partial charge < -0.3 is 0 Å². The molecule has 0 amide bonds. The van der Waals surface area contributed by atoms with Crippen molar-refractivity contribution in [1.82, 2.24) is 19.1 Å². The Balaban J connectivity index is 1.26. The van der Waals surface area contributed by atoms with Crippen LogP contribution in [0.2, 0.25) is 0 Å². The fraction of sp³-hybridized carbons (Fsp3) is 0.0545. The topological polar surface area (TPSA) is 35.6 Å². The predicted octanol–water partition coefficient (Wildman–Crippen LogP) is 14.0. The second-order valence-electron chi connectivity index (χ2n) is 16.1. The van der Waals surface area contributed by atoms with E-state index < -0.39 is 0 Å². The number of rotatable bonds is 5. The predicted molar refractivity (Wildman–Crippen MR) is 245 cm³/mol. The molecule has 0 aliphatic heterocycles. The molecule has 2 heterocycles. The fourth-order valence-corrected chi connectivity index (χ4v) is 9.97. The third kappa shape index (κ3) is 4.90. The molecule has 9 aromatic carbocycles. The standard InChI is InChI=1S/C55H38N4/c1-55(2)44-27-10-9-22-37(44)40-25-15-26-41(52(40)55)51-38-23-16-32-47(58-49-30-13-11-28-45(49)56-53(58)35-18-5-3-6-19-35)42(38)34-43-39(51)24-17-33-48(43)59-50-31-14-12-29-46(50)57-54(59)36-20-7-4-8-21-36/h3-34H,1-2H3. The number of hydrogen-bond acceptors (Lipinski definition) is 2. The Hall–Kier alpha value is -7.56. The molecule has 2 aromatic heterocycles. The lowest BCUT2D eigenvalue weighted by Gasteiger charge is -2.26. The van der Waals surface area contributed by atoms with Crippen molar-refractivity contribution >= 4 is 43.6 Å². The summed E-state index contributed by atoms with van der Waals surface area (Å²) in [5.74, 6) is 1.83. The average molecular weight is 755 g/mol. The van der Waals surface area contributed by atoms with Crippen molar-refractivity contribution < 1.29 is 0 Å². The SMILES string of the molecule is CC1(C)c2ccccc2-c2cccc(-c3c4cccc(-n5c(-c6ccccc6)nc6ccccc65)c4cc4c(-n5c(-c6ccccc6)nc6ccccc65)cccc34)c21. The van der Waals surface area contributed by atoms with Gasteiger partial charge in [-0.05, 0) is 86.6 Å². The van der Waals surface area contributed by atoms with Gasteiger partial charge in [-0.1, -0.05) is 166 Å². The van der Waals surface area contributed by atoms with E-state index in [4.69, 9.17) is 9.97 Å². The second-order valence-corrected chi connectivity index (χ2v) is 16.1. The third-order valence-electron chi connectivity index (χ3n) is 12.5. The van der Waals surface area contributed by atoms with E-state index in [9.17, 15) is 0 Å². The van der Waals surface area contributed by atoms with Crippen LogP contribution in [0.4, 0.5) is 0 Å². The first-order chi connectivity index (χ1) is 29.1. The molecule has 0 atom stereocenters. The molecule has 1 aliphatic rings. The van der Waals surface area contributed by atoms with E-state index in [-0.39, 0.29) is 5.41 Å². The summed E-state index contributed by atoms with van der Waals surface area (Å²) >= 11 is 0. The zero-order valence-corrected chi connectivity index (χ0v) is 32.8. The van der Waals surface area contributed by atoms with Gasteiger partial charge in [0.2, 0.25) is 0 Å². The zero-order chi connectivity index (χ0) is 39.2. The van der Waals surface area contributed by atoms with Crippen LogP contribution in [-0.2, 0) is 5.41 Å². The summed E-state index contributed by atoms with van der Waals surface area (Å²) in [4.78, 5) is 10.6. The van der Waals surface area contributed by atoms with E-state index in [1.165, 1.54) is 44.2 Å². The van der Waals surface area contributed by atoms with Gasteiger partial charge in [-0.3, -0.25) is 9.13 Å². The quantitative estimate of drug-likeness (QED) is 0.164. The van der Waals surface area contributed by atoms with Crippen molar-refractivity contribution in [2.75, 3.05) is 0 Å². The zero-order valence-electron chi connectivity index (χ0n) is 32.8. The number of para-hydroxylation sites is 4. The molecule has 59 heavy (non-hydrogen) atoms. The van der Waals surface area contributed by atoms with Gasteiger partial charge in [0.1, 0.15) is 11.6 Å². The highest BCUT2D eigenvalue weighted by atomic mass is 15.1. The smallest absolute Gasteiger partial charge is 0.145 e. The first kappa shape index (κ1) is 33.6. The minimum absolute atomic E-state index is 0.214. The van der Waals surface area contributed by atoms with E-state index in [0.29, 0.717) is 0 Å². The molecule has 0 bridgehead atoms. The van der Waals surface area contributed by atoms with E-state index in [0.717, 1.165) is 67.0 Å². The molecule has 4 nitrogen and oxygen atoms in total. The van der Waals surface area contributed by atoms with Crippen molar-refractivity contribution in [3.63, 3.8) is 0 Å². The van der Waals surface area contributed by atoms with Crippen LogP contribution in [0.15, 0.2) is 194 Å². The molecule has 0 unspecified atom stereocenters. The van der Waals surface area contributed by atoms with Gasteiger partial charge in [0.05, 0.1) is 33.4 Å². The summed E-state index contributed by atoms with van der Waals surface area (Å²) in [5.41, 5.74) is 16.0. The largest absolute Gasteiger partial charge is 0.292 e. The summed E-state index contributed by atoms with van der Waals surface area (Å²) in [6.45, 7) is 4.78. The maximum Gasteiger partial charge on any atom is 0.145 e. The molecule has 0 saturated heterocycles. The maximum atomic E-state index is 5.29. The van der Waals surface area contributed by atoms with Crippen LogP contribution in [0.25, 0.3) is 100 Å². The number of nitrogens with zero attached hydrogens (tertiary/aromatic N) is 4. The Kier molecular flexibility index (Phi) is 7.24. The summed E-state index contributed by atoms with van der Waals surface area (Å²) < 4.78 is 4.73. The maximum absolute atomic E-state index is 5.29. The molecule has 0 saturated carbocycles. The summed E-state index contributed by atoms with van der Waals surface area (Å²) in [5, 5.41) is 4.70. The Bertz CT molecular complexity index is 3290. The van der Waals surface area contributed by atoms with Crippen molar-refractivity contribution in [2.45, 2.75) is 19.3 Å². The van der Waals surface area contributed by atoms with Crippen LogP contribution < -0.4 is 0 Å². The molecule has 278 valence electrons. The number of aromatic nitrogens is 4. The van der Waals surface area contributed by atoms with Crippen LogP contribution in [0, 0.1) is 0 Å². The van der Waals surface area contributed by atoms with Gasteiger partial charge in [0.25, 0.3) is 0 Å². The van der Waals surface area contributed by atoms with E-state index >= 15 is 0 Å². The lowest BCUT2D eigenvalue weighted by Crippen LogP contribution is -2.16. The van der Waals surface area contributed by atoms with Gasteiger partial charge >= 0.3 is 0 Å². The number of benzene rings is 9. The van der Waals surface area contributed by atoms with Crippen LogP contribution >= 0.6 is 0 Å². The minimum Gasteiger partial charge on any atom is -0.292 e. The first-order valence-electron chi connectivity index (χ1n) is 20.3. The van der Waals surface area contributed by atoms with Gasteiger partial charge in [0, 0.05) is 27.3 Å². The van der Waals surface area contributed by atoms with Gasteiger partial charge in [0.15, 0.2) is 0 Å². The monoisotopic (exact) mass is 754 g/mol. The molecule has 11 aromatic rings. The van der Waals surface area contributed by atoms with Crippen molar-refractivity contribution in [2.24, 2.45) is 0 Å². The van der Waals surface area contributed by atoms with Crippen LogP contribution in [-0.4, -0.2) is 19.1 Å². The highest BCUT2D eigenvalue weighted by molar-refractivity contribution is 6.18. The highest BCUT2D eigenvalue weighted by Gasteiger charge is 2.38. The third-order valence-corrected chi connectivity index (χ3v) is 12.5. The fourth-order valence-electron chi connectivity index (χ4n) is 9.97. The molecule has 0 N–H and O–H groups in total. The molecule has 1 aliphatic carbocycles. The van der Waals surface area contributed by atoms with Crippen LogP contribution in [0.1, 0.15) is 25.0 Å². The Morgan fingerprint density at radius 2 is 0.847 bits per heavy atom. The van der Waals surface area contributed by atoms with E-state index in [2.05, 4.69) is 217 Å². The lowest BCUT2D eigenvalue weighted by atomic mass is 9.77. The highest BCUT2D eigenvalue weighted by Crippen LogP contribution is 2.54. The number of imidazole rings is 2. The van der Waals surface area contributed by atoms with Gasteiger partial charge in [-0.2, -0.15) is 0 Å². The number of fused-ring (bicyclic) bond motifs is 7. The second kappa shape index (κ2) is 12.7. The van der Waals surface area contributed by atoms with Gasteiger partial charge in [-0.25, -0.2) is 9.97 Å². The Morgan fingerprint density at radius 1 is 0.390 bits per heavy atom. The molecule has 12 rings (SSSR count). The van der Waals surface area contributed by atoms with E-state index in [1.54, 1.807) is 0 Å². The van der Waals surface area contributed by atoms with Gasteiger partial charge in [-0.15, -0.1) is 0 Å². The number of hydrogen-bond donors (Lipinski definition) is 0. The first-order valence-corrected chi connectivity index (χ1v) is 20.3. The minimum atomic E-state index is -0.214. The van der Waals surface area contributed by atoms with Crippen LogP contribution in [0.3, 0.4) is 0 Å². The summed E-state index contributed by atoms with van der Waals surface area (Å²) in [6.07, 6.45) is 0. The molecular weight excluding hydrogens is 717 g/mol.